The fourth-order valence-electron chi connectivity index (χ4n) is 0.898. The van der Waals surface area contributed by atoms with Gasteiger partial charge in [0.15, 0.2) is 6.34 Å². The van der Waals surface area contributed by atoms with E-state index in [1.807, 2.05) is 6.26 Å². The quantitative estimate of drug-likeness (QED) is 0.213. The fraction of sp³-hybridized carbons (Fsp3) is 0.286. The number of nitrogens with one attached hydrogen (secondary N) is 1. The van der Waals surface area contributed by atoms with Gasteiger partial charge in [-0.2, -0.15) is 9.98 Å². The van der Waals surface area contributed by atoms with Gasteiger partial charge < -0.3 is 5.73 Å². The Morgan fingerprint density at radius 1 is 1.85 bits per heavy atom. The summed E-state index contributed by atoms with van der Waals surface area (Å²) in [7, 11) is 0. The molecular formula is C7H10BrN4S+. The highest BCUT2D eigenvalue weighted by Gasteiger charge is 2.12. The minimum absolute atomic E-state index is 0.561. The molecule has 0 spiro atoms. The first kappa shape index (κ1) is 10.5. The third-order valence-corrected chi connectivity index (χ3v) is 2.85. The lowest BCUT2D eigenvalue weighted by atomic mass is 10.3. The molecule has 0 aromatic carbocycles. The van der Waals surface area contributed by atoms with Crippen LogP contribution in [0.1, 0.15) is 5.56 Å². The van der Waals surface area contributed by atoms with Crippen LogP contribution in [0.5, 0.6) is 0 Å². The van der Waals surface area contributed by atoms with Gasteiger partial charge in [0.1, 0.15) is 0 Å². The monoisotopic (exact) mass is 261 g/mol. The molecular weight excluding hydrogens is 252 g/mol. The molecule has 4 nitrogen and oxygen atoms in total. The van der Waals surface area contributed by atoms with Crippen molar-refractivity contribution in [1.29, 1.82) is 5.41 Å². The van der Waals surface area contributed by atoms with Gasteiger partial charge in [-0.15, -0.1) is 4.98 Å². The van der Waals surface area contributed by atoms with E-state index in [0.29, 0.717) is 11.1 Å². The number of thioether (sulfide) groups is 1. The summed E-state index contributed by atoms with van der Waals surface area (Å²) >= 11 is 4.76. The molecule has 0 aliphatic heterocycles. The number of hydrogen-bond donors (Lipinski definition) is 2. The molecule has 0 unspecified atom stereocenters. The Balaban J connectivity index is 3.31. The first-order valence-corrected chi connectivity index (χ1v) is 5.88. The Hall–Kier alpha value is -0.620. The summed E-state index contributed by atoms with van der Waals surface area (Å²) in [5.41, 5.74) is 6.70. The Bertz CT molecular complexity index is 329. The van der Waals surface area contributed by atoms with Crippen molar-refractivity contribution < 1.29 is 4.57 Å². The minimum atomic E-state index is 0.561. The summed E-state index contributed by atoms with van der Waals surface area (Å²) in [6.07, 6.45) is 4.78. The summed E-state index contributed by atoms with van der Waals surface area (Å²) in [6.45, 7) is 0. The molecule has 13 heavy (non-hydrogen) atoms. The third kappa shape index (κ3) is 2.00. The Kier molecular flexibility index (Phi) is 3.68. The van der Waals surface area contributed by atoms with Gasteiger partial charge in [-0.1, -0.05) is 27.7 Å². The van der Waals surface area contributed by atoms with E-state index in [4.69, 9.17) is 11.1 Å². The molecule has 3 N–H and O–H groups in total. The number of alkyl halides is 1. The maximum absolute atomic E-state index is 7.19. The highest BCUT2D eigenvalue weighted by Crippen LogP contribution is 2.13. The number of nitrogens with zero attached hydrogens (tertiary/aromatic N) is 2. The second-order valence-electron chi connectivity index (χ2n) is 2.29. The van der Waals surface area contributed by atoms with Crippen LogP contribution >= 0.6 is 27.7 Å². The van der Waals surface area contributed by atoms with Crippen molar-refractivity contribution >= 4 is 39.8 Å². The number of nitrogen functional groups attached to an aromatic ring is 1. The van der Waals surface area contributed by atoms with Crippen molar-refractivity contribution in [2.45, 2.75) is 10.5 Å². The van der Waals surface area contributed by atoms with Gasteiger partial charge >= 0.3 is 0 Å². The predicted octanol–water partition coefficient (Wildman–Crippen LogP) is 1.02. The van der Waals surface area contributed by atoms with Crippen LogP contribution in [0.4, 0.5) is 5.82 Å². The lowest BCUT2D eigenvalue weighted by molar-refractivity contribution is -0.579. The van der Waals surface area contributed by atoms with E-state index in [1.54, 1.807) is 10.8 Å². The highest BCUT2D eigenvalue weighted by atomic mass is 79.9. The largest absolute Gasteiger partial charge is 0.334 e. The van der Waals surface area contributed by atoms with Crippen molar-refractivity contribution in [2.24, 2.45) is 0 Å². The summed E-state index contributed by atoms with van der Waals surface area (Å²) in [6, 6.07) is 0. The molecule has 1 heterocycles. The smallest absolute Gasteiger partial charge is 0.272 e. The van der Waals surface area contributed by atoms with E-state index >= 15 is 0 Å². The van der Waals surface area contributed by atoms with Crippen LogP contribution in [0.25, 0.3) is 0 Å². The van der Waals surface area contributed by atoms with E-state index in [9.17, 15) is 0 Å². The zero-order valence-corrected chi connectivity index (χ0v) is 9.52. The standard InChI is InChI=1S/C7H9BrN4S/c1-13-7-11-3-5(2-8)6(10)12(7)4-9/h3-4,9-10H,2H2,1H3/p+1. The molecule has 0 aliphatic carbocycles. The van der Waals surface area contributed by atoms with Crippen molar-refractivity contribution in [1.82, 2.24) is 4.98 Å². The van der Waals surface area contributed by atoms with Gasteiger partial charge in [0, 0.05) is 5.33 Å². The van der Waals surface area contributed by atoms with Gasteiger partial charge in [0.25, 0.3) is 5.16 Å². The third-order valence-electron chi connectivity index (χ3n) is 1.58. The molecule has 0 saturated heterocycles. The van der Waals surface area contributed by atoms with E-state index < -0.39 is 0 Å². The number of anilines is 1. The van der Waals surface area contributed by atoms with Crippen LogP contribution in [0.2, 0.25) is 0 Å². The van der Waals surface area contributed by atoms with Crippen LogP contribution in [-0.4, -0.2) is 17.6 Å². The van der Waals surface area contributed by atoms with E-state index in [1.165, 1.54) is 18.1 Å². The molecule has 1 rings (SSSR count). The minimum Gasteiger partial charge on any atom is -0.334 e. The number of hydrogen-bond acceptors (Lipinski definition) is 4. The maximum Gasteiger partial charge on any atom is 0.272 e. The zero-order chi connectivity index (χ0) is 9.84. The van der Waals surface area contributed by atoms with Crippen molar-refractivity contribution in [2.75, 3.05) is 12.0 Å². The lowest BCUT2D eigenvalue weighted by Gasteiger charge is -2.04. The summed E-state index contributed by atoms with van der Waals surface area (Å²) in [5, 5.41) is 8.56. The van der Waals surface area contributed by atoms with E-state index in [-0.39, 0.29) is 0 Å². The lowest BCUT2D eigenvalue weighted by Crippen LogP contribution is -2.40. The summed E-state index contributed by atoms with van der Waals surface area (Å²) in [4.78, 5) is 4.16. The van der Waals surface area contributed by atoms with Crippen molar-refractivity contribution in [3.8, 4) is 0 Å². The molecule has 1 aromatic rings. The molecule has 0 aliphatic rings. The maximum atomic E-state index is 7.19. The van der Waals surface area contributed by atoms with Gasteiger partial charge in [0.2, 0.25) is 5.82 Å². The van der Waals surface area contributed by atoms with Gasteiger partial charge in [-0.25, -0.2) is 0 Å². The Labute approximate surface area is 89.2 Å². The van der Waals surface area contributed by atoms with Crippen molar-refractivity contribution in [3.63, 3.8) is 0 Å². The second kappa shape index (κ2) is 4.57. The second-order valence-corrected chi connectivity index (χ2v) is 3.62. The van der Waals surface area contributed by atoms with Crippen LogP contribution in [0.3, 0.4) is 0 Å². The Morgan fingerprint density at radius 2 is 2.54 bits per heavy atom. The predicted molar refractivity (Wildman–Crippen MR) is 57.4 cm³/mol. The number of nitrogens with two attached hydrogens (primary N) is 1. The topological polar surface area (TPSA) is 66.6 Å². The molecule has 0 bridgehead atoms. The van der Waals surface area contributed by atoms with Crippen LogP contribution in [0, 0.1) is 5.41 Å². The molecule has 1 aromatic heterocycles. The molecule has 0 radical (unpaired) electrons. The number of aromatic nitrogens is 2. The molecule has 0 saturated carbocycles. The van der Waals surface area contributed by atoms with Gasteiger partial charge in [-0.05, 0) is 6.26 Å². The van der Waals surface area contributed by atoms with Crippen LogP contribution in [-0.2, 0) is 5.33 Å². The highest BCUT2D eigenvalue weighted by molar-refractivity contribution is 9.08. The zero-order valence-electron chi connectivity index (χ0n) is 7.12. The average molecular weight is 262 g/mol. The molecule has 0 fully saturated rings. The van der Waals surface area contributed by atoms with E-state index in [2.05, 4.69) is 20.9 Å². The fourth-order valence-corrected chi connectivity index (χ4v) is 1.84. The van der Waals surface area contributed by atoms with Gasteiger partial charge in [-0.3, -0.25) is 0 Å². The SMILES string of the molecule is CSc1ncc(CBr)c(N)[n+]1C=N. The first-order valence-electron chi connectivity index (χ1n) is 3.54. The molecule has 70 valence electrons. The number of rotatable bonds is 3. The van der Waals surface area contributed by atoms with Gasteiger partial charge in [0.05, 0.1) is 11.8 Å². The van der Waals surface area contributed by atoms with E-state index in [0.717, 1.165) is 10.7 Å². The molecule has 0 amide bonds. The molecule has 0 atom stereocenters. The summed E-state index contributed by atoms with van der Waals surface area (Å²) in [5.74, 6) is 0.561. The Morgan fingerprint density at radius 3 is 3.00 bits per heavy atom. The van der Waals surface area contributed by atoms with Crippen LogP contribution < -0.4 is 10.3 Å². The van der Waals surface area contributed by atoms with Crippen LogP contribution in [0.15, 0.2) is 11.4 Å². The summed E-state index contributed by atoms with van der Waals surface area (Å²) < 4.78 is 1.56. The number of halogens is 1. The first-order chi connectivity index (χ1) is 6.24. The normalized spacial score (nSPS) is 10.0. The van der Waals surface area contributed by atoms with Crippen molar-refractivity contribution in [3.05, 3.63) is 11.8 Å². The molecule has 6 heteroatoms. The average Bonchev–Trinajstić information content (AvgIpc) is 2.17.